The zero-order chi connectivity index (χ0) is 13.5. The number of hydrogen-bond acceptors (Lipinski definition) is 3. The summed E-state index contributed by atoms with van der Waals surface area (Å²) in [5.74, 6) is 0.130. The maximum absolute atomic E-state index is 11.8. The number of nitrogens with one attached hydrogen (secondary N) is 2. The highest BCUT2D eigenvalue weighted by atomic mass is 16.2. The largest absolute Gasteiger partial charge is 0.355 e. The Morgan fingerprint density at radius 2 is 2.21 bits per heavy atom. The van der Waals surface area contributed by atoms with Crippen LogP contribution in [0.4, 0.5) is 0 Å². The van der Waals surface area contributed by atoms with Gasteiger partial charge in [0.2, 0.25) is 5.91 Å². The van der Waals surface area contributed by atoms with E-state index in [0.717, 1.165) is 26.1 Å². The molecule has 4 heteroatoms. The molecule has 1 amide bonds. The van der Waals surface area contributed by atoms with Gasteiger partial charge < -0.3 is 10.6 Å². The lowest BCUT2D eigenvalue weighted by Gasteiger charge is -2.31. The van der Waals surface area contributed by atoms with Crippen LogP contribution in [0.15, 0.2) is 30.3 Å². The Labute approximate surface area is 115 Å². The monoisotopic (exact) mass is 261 g/mol. The zero-order valence-corrected chi connectivity index (χ0v) is 11.6. The minimum absolute atomic E-state index is 0.130. The summed E-state index contributed by atoms with van der Waals surface area (Å²) in [6.45, 7) is 6.26. The van der Waals surface area contributed by atoms with E-state index in [2.05, 4.69) is 34.6 Å². The minimum atomic E-state index is 0.130. The van der Waals surface area contributed by atoms with Crippen molar-refractivity contribution in [1.29, 1.82) is 0 Å². The molecule has 1 saturated heterocycles. The molecule has 0 bridgehead atoms. The number of carbonyl (C=O) groups excluding carboxylic acids is 1. The zero-order valence-electron chi connectivity index (χ0n) is 11.6. The predicted octanol–water partition coefficient (Wildman–Crippen LogP) is 0.639. The van der Waals surface area contributed by atoms with Gasteiger partial charge in [0.1, 0.15) is 0 Å². The van der Waals surface area contributed by atoms with Crippen LogP contribution in [0.1, 0.15) is 12.5 Å². The summed E-state index contributed by atoms with van der Waals surface area (Å²) < 4.78 is 0. The molecule has 1 aromatic rings. The quantitative estimate of drug-likeness (QED) is 0.817. The SMILES string of the molecule is C[C@H]1CN(CC(=O)NCCc2ccccc2)CCN1. The van der Waals surface area contributed by atoms with E-state index >= 15 is 0 Å². The molecule has 4 nitrogen and oxygen atoms in total. The molecule has 1 aromatic carbocycles. The average molecular weight is 261 g/mol. The van der Waals surface area contributed by atoms with Crippen LogP contribution in [-0.4, -0.2) is 49.6 Å². The summed E-state index contributed by atoms with van der Waals surface area (Å²) >= 11 is 0. The van der Waals surface area contributed by atoms with Crippen molar-refractivity contribution in [3.8, 4) is 0 Å². The van der Waals surface area contributed by atoms with Gasteiger partial charge in [-0.1, -0.05) is 30.3 Å². The Kier molecular flexibility index (Phi) is 5.36. The van der Waals surface area contributed by atoms with Crippen molar-refractivity contribution >= 4 is 5.91 Å². The van der Waals surface area contributed by atoms with E-state index in [1.807, 2.05) is 18.2 Å². The van der Waals surface area contributed by atoms with Crippen molar-refractivity contribution < 1.29 is 4.79 Å². The molecule has 0 saturated carbocycles. The standard InChI is InChI=1S/C15H23N3O/c1-13-11-18(10-9-16-13)12-15(19)17-8-7-14-5-3-2-4-6-14/h2-6,13,16H,7-12H2,1H3,(H,17,19)/t13-/m0/s1. The fourth-order valence-electron chi connectivity index (χ4n) is 2.41. The lowest BCUT2D eigenvalue weighted by atomic mass is 10.1. The third-order valence-corrected chi connectivity index (χ3v) is 3.40. The van der Waals surface area contributed by atoms with Gasteiger partial charge in [-0.05, 0) is 18.9 Å². The van der Waals surface area contributed by atoms with Gasteiger partial charge in [-0.25, -0.2) is 0 Å². The predicted molar refractivity (Wildman–Crippen MR) is 77.1 cm³/mol. The Morgan fingerprint density at radius 3 is 2.95 bits per heavy atom. The fourth-order valence-corrected chi connectivity index (χ4v) is 2.41. The molecule has 19 heavy (non-hydrogen) atoms. The van der Waals surface area contributed by atoms with Gasteiger partial charge >= 0.3 is 0 Å². The molecule has 0 radical (unpaired) electrons. The van der Waals surface area contributed by atoms with Crippen LogP contribution in [0.2, 0.25) is 0 Å². The van der Waals surface area contributed by atoms with E-state index in [1.54, 1.807) is 0 Å². The van der Waals surface area contributed by atoms with Crippen molar-refractivity contribution in [2.75, 3.05) is 32.7 Å². The summed E-state index contributed by atoms with van der Waals surface area (Å²) in [5, 5.41) is 6.37. The maximum atomic E-state index is 11.8. The van der Waals surface area contributed by atoms with E-state index in [4.69, 9.17) is 0 Å². The number of carbonyl (C=O) groups is 1. The lowest BCUT2D eigenvalue weighted by molar-refractivity contribution is -0.122. The van der Waals surface area contributed by atoms with Gasteiger partial charge in [0.05, 0.1) is 6.54 Å². The van der Waals surface area contributed by atoms with Crippen LogP contribution in [0.5, 0.6) is 0 Å². The van der Waals surface area contributed by atoms with Gasteiger partial charge in [0.25, 0.3) is 0 Å². The Morgan fingerprint density at radius 1 is 1.42 bits per heavy atom. The van der Waals surface area contributed by atoms with Gasteiger partial charge in [-0.2, -0.15) is 0 Å². The Bertz CT molecular complexity index is 394. The summed E-state index contributed by atoms with van der Waals surface area (Å²) in [5.41, 5.74) is 1.26. The molecule has 0 aliphatic carbocycles. The molecule has 1 aliphatic rings. The number of rotatable bonds is 5. The molecule has 0 spiro atoms. The summed E-state index contributed by atoms with van der Waals surface area (Å²) in [7, 11) is 0. The first-order valence-corrected chi connectivity index (χ1v) is 7.00. The smallest absolute Gasteiger partial charge is 0.234 e. The molecule has 1 aliphatic heterocycles. The molecule has 2 rings (SSSR count). The normalized spacial score (nSPS) is 20.2. The van der Waals surface area contributed by atoms with Crippen LogP contribution < -0.4 is 10.6 Å². The van der Waals surface area contributed by atoms with E-state index in [1.165, 1.54) is 5.56 Å². The lowest BCUT2D eigenvalue weighted by Crippen LogP contribution is -2.51. The number of benzene rings is 1. The first-order valence-electron chi connectivity index (χ1n) is 7.00. The molecule has 0 unspecified atom stereocenters. The van der Waals surface area contributed by atoms with Crippen molar-refractivity contribution in [3.05, 3.63) is 35.9 Å². The molecular weight excluding hydrogens is 238 g/mol. The Hall–Kier alpha value is -1.39. The number of piperazine rings is 1. The van der Waals surface area contributed by atoms with E-state index in [0.29, 0.717) is 19.1 Å². The summed E-state index contributed by atoms with van der Waals surface area (Å²) in [6.07, 6.45) is 0.893. The van der Waals surface area contributed by atoms with Crippen molar-refractivity contribution in [2.45, 2.75) is 19.4 Å². The second-order valence-corrected chi connectivity index (χ2v) is 5.18. The second-order valence-electron chi connectivity index (χ2n) is 5.18. The summed E-state index contributed by atoms with van der Waals surface area (Å²) in [4.78, 5) is 14.0. The maximum Gasteiger partial charge on any atom is 0.234 e. The van der Waals surface area contributed by atoms with Crippen LogP contribution in [-0.2, 0) is 11.2 Å². The van der Waals surface area contributed by atoms with Gasteiger partial charge in [-0.3, -0.25) is 9.69 Å². The second kappa shape index (κ2) is 7.26. The third-order valence-electron chi connectivity index (χ3n) is 3.40. The van der Waals surface area contributed by atoms with Gasteiger partial charge in [0, 0.05) is 32.2 Å². The summed E-state index contributed by atoms with van der Waals surface area (Å²) in [6, 6.07) is 10.7. The highest BCUT2D eigenvalue weighted by molar-refractivity contribution is 5.78. The first-order chi connectivity index (χ1) is 9.24. The van der Waals surface area contributed by atoms with Gasteiger partial charge in [0.15, 0.2) is 0 Å². The Balaban J connectivity index is 1.64. The number of amides is 1. The molecule has 1 atom stereocenters. The van der Waals surface area contributed by atoms with E-state index in [-0.39, 0.29) is 5.91 Å². The van der Waals surface area contributed by atoms with Crippen LogP contribution in [0.25, 0.3) is 0 Å². The molecular formula is C15H23N3O. The molecule has 1 fully saturated rings. The van der Waals surface area contributed by atoms with Crippen molar-refractivity contribution in [2.24, 2.45) is 0 Å². The molecule has 2 N–H and O–H groups in total. The minimum Gasteiger partial charge on any atom is -0.355 e. The van der Waals surface area contributed by atoms with E-state index < -0.39 is 0 Å². The molecule has 104 valence electrons. The molecule has 1 heterocycles. The van der Waals surface area contributed by atoms with Gasteiger partial charge in [-0.15, -0.1) is 0 Å². The highest BCUT2D eigenvalue weighted by Gasteiger charge is 2.17. The van der Waals surface area contributed by atoms with Crippen LogP contribution >= 0.6 is 0 Å². The van der Waals surface area contributed by atoms with Crippen LogP contribution in [0, 0.1) is 0 Å². The van der Waals surface area contributed by atoms with Crippen molar-refractivity contribution in [3.63, 3.8) is 0 Å². The number of nitrogens with zero attached hydrogens (tertiary/aromatic N) is 1. The molecule has 0 aromatic heterocycles. The third kappa shape index (κ3) is 5.01. The average Bonchev–Trinajstić information content (AvgIpc) is 2.40. The topological polar surface area (TPSA) is 44.4 Å². The highest BCUT2D eigenvalue weighted by Crippen LogP contribution is 1.99. The number of hydrogen-bond donors (Lipinski definition) is 2. The van der Waals surface area contributed by atoms with Crippen LogP contribution in [0.3, 0.4) is 0 Å². The first kappa shape index (κ1) is 14.0. The fraction of sp³-hybridized carbons (Fsp3) is 0.533. The van der Waals surface area contributed by atoms with E-state index in [9.17, 15) is 4.79 Å². The van der Waals surface area contributed by atoms with Crippen molar-refractivity contribution in [1.82, 2.24) is 15.5 Å².